The topological polar surface area (TPSA) is 102 Å². The van der Waals surface area contributed by atoms with Crippen LogP contribution in [0.4, 0.5) is 5.69 Å². The first-order chi connectivity index (χ1) is 10.9. The fraction of sp³-hybridized carbons (Fsp3) is 0.533. The molecule has 7 nitrogen and oxygen atoms in total. The minimum absolute atomic E-state index is 0. The quantitative estimate of drug-likeness (QED) is 0.811. The molecule has 0 radical (unpaired) electrons. The third-order valence-electron chi connectivity index (χ3n) is 3.78. The highest BCUT2D eigenvalue weighted by atomic mass is 35.5. The van der Waals surface area contributed by atoms with Crippen molar-refractivity contribution in [3.8, 4) is 5.75 Å². The summed E-state index contributed by atoms with van der Waals surface area (Å²) in [6.07, 6.45) is 2.74. The van der Waals surface area contributed by atoms with Crippen LogP contribution in [-0.4, -0.2) is 44.9 Å². The molecule has 1 aromatic carbocycles. The summed E-state index contributed by atoms with van der Waals surface area (Å²) in [7, 11) is -2.24. The van der Waals surface area contributed by atoms with Crippen LogP contribution in [0.3, 0.4) is 0 Å². The molecule has 1 aliphatic heterocycles. The Kier molecular flexibility index (Phi) is 7.47. The van der Waals surface area contributed by atoms with E-state index in [-0.39, 0.29) is 29.0 Å². The Bertz CT molecular complexity index is 673. The highest BCUT2D eigenvalue weighted by Gasteiger charge is 2.29. The van der Waals surface area contributed by atoms with Crippen LogP contribution >= 0.6 is 12.4 Å². The Morgan fingerprint density at radius 2 is 1.92 bits per heavy atom. The Labute approximate surface area is 149 Å². The second-order valence-corrected chi connectivity index (χ2v) is 7.51. The number of carbonyl (C=O) groups excluding carboxylic acids is 1. The monoisotopic (exact) mass is 377 g/mol. The number of nitrogens with two attached hydrogens (primary N) is 1. The molecule has 1 aliphatic rings. The van der Waals surface area contributed by atoms with Crippen LogP contribution in [0.15, 0.2) is 23.1 Å². The summed E-state index contributed by atoms with van der Waals surface area (Å²) in [5, 5.41) is 2.61. The van der Waals surface area contributed by atoms with Crippen molar-refractivity contribution in [1.82, 2.24) is 4.31 Å². The summed E-state index contributed by atoms with van der Waals surface area (Å²) >= 11 is 0. The van der Waals surface area contributed by atoms with Crippen molar-refractivity contribution in [1.29, 1.82) is 0 Å². The summed E-state index contributed by atoms with van der Waals surface area (Å²) < 4.78 is 32.3. The van der Waals surface area contributed by atoms with Gasteiger partial charge in [0.25, 0.3) is 0 Å². The van der Waals surface area contributed by atoms with Crippen LogP contribution in [0.5, 0.6) is 5.75 Å². The van der Waals surface area contributed by atoms with Gasteiger partial charge in [-0.05, 0) is 38.0 Å². The first-order valence-corrected chi connectivity index (χ1v) is 9.05. The molecular weight excluding hydrogens is 354 g/mol. The van der Waals surface area contributed by atoms with E-state index in [4.69, 9.17) is 10.5 Å². The fourth-order valence-electron chi connectivity index (χ4n) is 2.46. The van der Waals surface area contributed by atoms with Gasteiger partial charge < -0.3 is 15.8 Å². The van der Waals surface area contributed by atoms with Crippen LogP contribution < -0.4 is 15.8 Å². The van der Waals surface area contributed by atoms with E-state index >= 15 is 0 Å². The first-order valence-electron chi connectivity index (χ1n) is 7.61. The molecule has 0 bridgehead atoms. The number of hydrogen-bond acceptors (Lipinski definition) is 5. The van der Waals surface area contributed by atoms with E-state index in [0.29, 0.717) is 18.8 Å². The molecule has 1 heterocycles. The maximum Gasteiger partial charge on any atom is 0.246 e. The Morgan fingerprint density at radius 3 is 2.46 bits per heavy atom. The number of piperidine rings is 1. The number of methoxy groups -OCH3 is 1. The molecule has 136 valence electrons. The van der Waals surface area contributed by atoms with Gasteiger partial charge in [0, 0.05) is 18.8 Å². The largest absolute Gasteiger partial charge is 0.495 e. The molecule has 1 saturated heterocycles. The van der Waals surface area contributed by atoms with Gasteiger partial charge in [-0.3, -0.25) is 4.79 Å². The van der Waals surface area contributed by atoms with E-state index < -0.39 is 16.1 Å². The number of nitrogens with zero attached hydrogens (tertiary/aromatic N) is 1. The van der Waals surface area contributed by atoms with Crippen molar-refractivity contribution in [3.05, 3.63) is 18.2 Å². The van der Waals surface area contributed by atoms with Gasteiger partial charge in [-0.1, -0.05) is 6.42 Å². The molecule has 1 aromatic rings. The molecule has 2 rings (SSSR count). The summed E-state index contributed by atoms with van der Waals surface area (Å²) in [5.74, 6) is -0.120. The second kappa shape index (κ2) is 8.66. The van der Waals surface area contributed by atoms with Gasteiger partial charge in [-0.15, -0.1) is 12.4 Å². The molecule has 1 fully saturated rings. The van der Waals surface area contributed by atoms with Gasteiger partial charge >= 0.3 is 0 Å². The van der Waals surface area contributed by atoms with Gasteiger partial charge in [0.05, 0.1) is 13.2 Å². The van der Waals surface area contributed by atoms with Gasteiger partial charge in [0.1, 0.15) is 10.6 Å². The number of sulfonamides is 1. The molecule has 0 saturated carbocycles. The molecule has 9 heteroatoms. The van der Waals surface area contributed by atoms with Crippen molar-refractivity contribution in [2.75, 3.05) is 25.5 Å². The third kappa shape index (κ3) is 4.60. The average Bonchev–Trinajstić information content (AvgIpc) is 2.55. The zero-order chi connectivity index (χ0) is 17.0. The highest BCUT2D eigenvalue weighted by Crippen LogP contribution is 2.31. The van der Waals surface area contributed by atoms with Crippen LogP contribution in [0.2, 0.25) is 0 Å². The molecule has 0 unspecified atom stereocenters. The minimum atomic E-state index is -3.66. The summed E-state index contributed by atoms with van der Waals surface area (Å²) in [6, 6.07) is 3.87. The zero-order valence-electron chi connectivity index (χ0n) is 13.8. The lowest BCUT2D eigenvalue weighted by molar-refractivity contribution is -0.117. The Balaban J connectivity index is 0.00000288. The third-order valence-corrected chi connectivity index (χ3v) is 5.70. The van der Waals surface area contributed by atoms with Crippen LogP contribution in [-0.2, 0) is 14.8 Å². The van der Waals surface area contributed by atoms with Gasteiger partial charge in [-0.2, -0.15) is 4.31 Å². The zero-order valence-corrected chi connectivity index (χ0v) is 15.5. The molecule has 3 N–H and O–H groups in total. The standard InChI is InChI=1S/C15H23N3O4S.ClH/c1-11(16)15(19)17-12-6-7-13(22-2)14(10-12)23(20,21)18-8-4-3-5-9-18;/h6-7,10-11H,3-5,8-9,16H2,1-2H3,(H,17,19);1H/t11-;/m1./s1. The number of nitrogens with one attached hydrogen (secondary N) is 1. The SMILES string of the molecule is COc1ccc(NC(=O)[C@@H](C)N)cc1S(=O)(=O)N1CCCCC1.Cl. The van der Waals surface area contributed by atoms with Crippen molar-refractivity contribution in [2.45, 2.75) is 37.1 Å². The maximum atomic E-state index is 12.8. The normalized spacial score (nSPS) is 16.8. The average molecular weight is 378 g/mol. The highest BCUT2D eigenvalue weighted by molar-refractivity contribution is 7.89. The molecule has 0 aliphatic carbocycles. The van der Waals surface area contributed by atoms with E-state index in [1.165, 1.54) is 23.5 Å². The van der Waals surface area contributed by atoms with Crippen molar-refractivity contribution in [3.63, 3.8) is 0 Å². The lowest BCUT2D eigenvalue weighted by atomic mass is 10.2. The molecule has 0 aromatic heterocycles. The second-order valence-electron chi connectivity index (χ2n) is 5.61. The Morgan fingerprint density at radius 1 is 1.29 bits per heavy atom. The first kappa shape index (κ1) is 20.7. The number of carbonyl (C=O) groups is 1. The number of hydrogen-bond donors (Lipinski definition) is 2. The van der Waals surface area contributed by atoms with Crippen LogP contribution in [0, 0.1) is 0 Å². The van der Waals surface area contributed by atoms with Crippen molar-refractivity contribution >= 4 is 34.0 Å². The van der Waals surface area contributed by atoms with E-state index in [9.17, 15) is 13.2 Å². The molecular formula is C15H24ClN3O4S. The van der Waals surface area contributed by atoms with Crippen molar-refractivity contribution < 1.29 is 17.9 Å². The molecule has 1 amide bonds. The lowest BCUT2D eigenvalue weighted by Gasteiger charge is -2.26. The number of benzene rings is 1. The van der Waals surface area contributed by atoms with E-state index in [2.05, 4.69) is 5.32 Å². The predicted molar refractivity (Wildman–Crippen MR) is 95.1 cm³/mol. The minimum Gasteiger partial charge on any atom is -0.495 e. The van der Waals surface area contributed by atoms with Crippen LogP contribution in [0.1, 0.15) is 26.2 Å². The van der Waals surface area contributed by atoms with Crippen molar-refractivity contribution in [2.24, 2.45) is 5.73 Å². The van der Waals surface area contributed by atoms with E-state index in [0.717, 1.165) is 19.3 Å². The summed E-state index contributed by atoms with van der Waals surface area (Å²) in [5.41, 5.74) is 5.90. The van der Waals surface area contributed by atoms with Gasteiger partial charge in [-0.25, -0.2) is 8.42 Å². The smallest absolute Gasteiger partial charge is 0.246 e. The summed E-state index contributed by atoms with van der Waals surface area (Å²) in [6.45, 7) is 2.56. The number of rotatable bonds is 5. The van der Waals surface area contributed by atoms with E-state index in [1.54, 1.807) is 13.0 Å². The number of halogens is 1. The number of anilines is 1. The maximum absolute atomic E-state index is 12.8. The number of amides is 1. The Hall–Kier alpha value is -1.35. The molecule has 24 heavy (non-hydrogen) atoms. The molecule has 0 spiro atoms. The predicted octanol–water partition coefficient (Wildman–Crippen LogP) is 1.58. The van der Waals surface area contributed by atoms with Crippen LogP contribution in [0.25, 0.3) is 0 Å². The number of ether oxygens (including phenoxy) is 1. The van der Waals surface area contributed by atoms with Gasteiger partial charge in [0.2, 0.25) is 15.9 Å². The fourth-order valence-corrected chi connectivity index (χ4v) is 4.16. The van der Waals surface area contributed by atoms with E-state index in [1.807, 2.05) is 0 Å². The lowest BCUT2D eigenvalue weighted by Crippen LogP contribution is -2.36. The summed E-state index contributed by atoms with van der Waals surface area (Å²) in [4.78, 5) is 11.8. The molecule has 1 atom stereocenters. The van der Waals surface area contributed by atoms with Gasteiger partial charge in [0.15, 0.2) is 0 Å².